The van der Waals surface area contributed by atoms with Gasteiger partial charge in [0.05, 0.1) is 11.9 Å². The van der Waals surface area contributed by atoms with Crippen molar-refractivity contribution in [1.29, 1.82) is 0 Å². The number of aromatic nitrogens is 2. The summed E-state index contributed by atoms with van der Waals surface area (Å²) in [6.45, 7) is 5.47. The first-order valence-corrected chi connectivity index (χ1v) is 4.74. The fraction of sp³-hybridized carbons (Fsp3) is 0.556. The second-order valence-electron chi connectivity index (χ2n) is 3.18. The second-order valence-corrected chi connectivity index (χ2v) is 3.18. The van der Waals surface area contributed by atoms with Gasteiger partial charge in [0.1, 0.15) is 0 Å². The Balaban J connectivity index is 2.34. The molecule has 5 nitrogen and oxygen atoms in total. The Labute approximate surface area is 83.3 Å². The van der Waals surface area contributed by atoms with Crippen molar-refractivity contribution in [2.24, 2.45) is 5.92 Å². The summed E-state index contributed by atoms with van der Waals surface area (Å²) in [6, 6.07) is 0. The Morgan fingerprint density at radius 3 is 3.07 bits per heavy atom. The van der Waals surface area contributed by atoms with Crippen LogP contribution in [-0.2, 0) is 4.79 Å². The molecule has 0 aliphatic heterocycles. The highest BCUT2D eigenvalue weighted by molar-refractivity contribution is 5.92. The Morgan fingerprint density at radius 2 is 2.50 bits per heavy atom. The highest BCUT2D eigenvalue weighted by atomic mass is 16.1. The van der Waals surface area contributed by atoms with Gasteiger partial charge >= 0.3 is 0 Å². The molecule has 0 fully saturated rings. The molecule has 0 aliphatic carbocycles. The zero-order valence-corrected chi connectivity index (χ0v) is 8.50. The minimum atomic E-state index is -0.0372. The van der Waals surface area contributed by atoms with Gasteiger partial charge in [0, 0.05) is 18.7 Å². The quantitative estimate of drug-likeness (QED) is 0.645. The largest absolute Gasteiger partial charge is 0.323 e. The highest BCUT2D eigenvalue weighted by Gasteiger charge is 2.12. The van der Waals surface area contributed by atoms with Crippen molar-refractivity contribution in [3.63, 3.8) is 0 Å². The molecule has 3 N–H and O–H groups in total. The van der Waals surface area contributed by atoms with Crippen molar-refractivity contribution in [3.05, 3.63) is 12.4 Å². The van der Waals surface area contributed by atoms with Crippen LogP contribution in [-0.4, -0.2) is 29.2 Å². The van der Waals surface area contributed by atoms with E-state index in [1.54, 1.807) is 12.4 Å². The van der Waals surface area contributed by atoms with Crippen molar-refractivity contribution < 1.29 is 4.79 Å². The lowest BCUT2D eigenvalue weighted by molar-refractivity contribution is -0.119. The number of anilines is 1. The standard InChI is InChI=1S/C9H16N4O/c1-3-10-4-7(2)9(14)13-8-5-11-12-6-8/h5-7,10H,3-4H2,1-2H3,(H,11,12)(H,13,14). The van der Waals surface area contributed by atoms with Crippen LogP contribution in [0.15, 0.2) is 12.4 Å². The molecule has 0 radical (unpaired) electrons. The molecule has 1 aromatic rings. The molecule has 0 saturated heterocycles. The molecule has 1 rings (SSSR count). The SMILES string of the molecule is CCNCC(C)C(=O)Nc1cn[nH]c1. The van der Waals surface area contributed by atoms with Crippen LogP contribution in [0.2, 0.25) is 0 Å². The fourth-order valence-electron chi connectivity index (χ4n) is 1.04. The van der Waals surface area contributed by atoms with Crippen molar-refractivity contribution in [2.75, 3.05) is 18.4 Å². The Kier molecular flexibility index (Phi) is 4.12. The Morgan fingerprint density at radius 1 is 1.71 bits per heavy atom. The molecule has 0 bridgehead atoms. The van der Waals surface area contributed by atoms with Gasteiger partial charge in [0.2, 0.25) is 5.91 Å². The van der Waals surface area contributed by atoms with Gasteiger partial charge in [-0.2, -0.15) is 5.10 Å². The van der Waals surface area contributed by atoms with Gasteiger partial charge < -0.3 is 10.6 Å². The monoisotopic (exact) mass is 196 g/mol. The van der Waals surface area contributed by atoms with E-state index < -0.39 is 0 Å². The number of carbonyl (C=O) groups is 1. The molecule has 0 saturated carbocycles. The van der Waals surface area contributed by atoms with E-state index >= 15 is 0 Å². The summed E-state index contributed by atoms with van der Waals surface area (Å²) in [7, 11) is 0. The van der Waals surface area contributed by atoms with Gasteiger partial charge in [-0.05, 0) is 6.54 Å². The summed E-state index contributed by atoms with van der Waals surface area (Å²) in [6.07, 6.45) is 3.23. The van der Waals surface area contributed by atoms with E-state index in [9.17, 15) is 4.79 Å². The molecule has 1 atom stereocenters. The summed E-state index contributed by atoms with van der Waals surface area (Å²) in [5.74, 6) is -0.0304. The summed E-state index contributed by atoms with van der Waals surface area (Å²) in [5.41, 5.74) is 0.707. The van der Waals surface area contributed by atoms with Gasteiger partial charge in [-0.3, -0.25) is 9.89 Å². The van der Waals surface area contributed by atoms with Crippen LogP contribution in [0, 0.1) is 5.92 Å². The number of aromatic amines is 1. The zero-order valence-electron chi connectivity index (χ0n) is 8.50. The van der Waals surface area contributed by atoms with Gasteiger partial charge in [-0.15, -0.1) is 0 Å². The summed E-state index contributed by atoms with van der Waals surface area (Å²) < 4.78 is 0. The second kappa shape index (κ2) is 5.39. The van der Waals surface area contributed by atoms with Crippen LogP contribution in [0.25, 0.3) is 0 Å². The number of nitrogens with one attached hydrogen (secondary N) is 3. The molecular formula is C9H16N4O. The first-order chi connectivity index (χ1) is 6.74. The van der Waals surface area contributed by atoms with Crippen LogP contribution in [0.1, 0.15) is 13.8 Å². The normalized spacial score (nSPS) is 12.4. The lowest BCUT2D eigenvalue weighted by Gasteiger charge is -2.10. The third kappa shape index (κ3) is 3.18. The average Bonchev–Trinajstić information content (AvgIpc) is 2.66. The van der Waals surface area contributed by atoms with E-state index in [1.165, 1.54) is 0 Å². The maximum Gasteiger partial charge on any atom is 0.228 e. The summed E-state index contributed by atoms with van der Waals surface area (Å²) in [4.78, 5) is 11.5. The van der Waals surface area contributed by atoms with Gasteiger partial charge in [0.15, 0.2) is 0 Å². The van der Waals surface area contributed by atoms with Gasteiger partial charge in [0.25, 0.3) is 0 Å². The van der Waals surface area contributed by atoms with Gasteiger partial charge in [-0.1, -0.05) is 13.8 Å². The molecule has 1 amide bonds. The van der Waals surface area contributed by atoms with E-state index in [4.69, 9.17) is 0 Å². The number of amides is 1. The minimum Gasteiger partial charge on any atom is -0.323 e. The van der Waals surface area contributed by atoms with Crippen LogP contribution in [0.5, 0.6) is 0 Å². The van der Waals surface area contributed by atoms with Crippen molar-refractivity contribution in [1.82, 2.24) is 15.5 Å². The van der Waals surface area contributed by atoms with E-state index in [1.807, 2.05) is 13.8 Å². The number of hydrogen-bond donors (Lipinski definition) is 3. The predicted octanol–water partition coefficient (Wildman–Crippen LogP) is 0.594. The van der Waals surface area contributed by atoms with Crippen molar-refractivity contribution in [2.45, 2.75) is 13.8 Å². The van der Waals surface area contributed by atoms with E-state index in [0.29, 0.717) is 12.2 Å². The van der Waals surface area contributed by atoms with E-state index in [0.717, 1.165) is 6.54 Å². The van der Waals surface area contributed by atoms with Gasteiger partial charge in [-0.25, -0.2) is 0 Å². The number of carbonyl (C=O) groups excluding carboxylic acids is 1. The van der Waals surface area contributed by atoms with Crippen LogP contribution >= 0.6 is 0 Å². The lowest BCUT2D eigenvalue weighted by Crippen LogP contribution is -2.30. The molecule has 78 valence electrons. The highest BCUT2D eigenvalue weighted by Crippen LogP contribution is 2.04. The van der Waals surface area contributed by atoms with E-state index in [-0.39, 0.29) is 11.8 Å². The molecule has 5 heteroatoms. The Bertz CT molecular complexity index is 270. The maximum absolute atomic E-state index is 11.5. The summed E-state index contributed by atoms with van der Waals surface area (Å²) >= 11 is 0. The first-order valence-electron chi connectivity index (χ1n) is 4.74. The third-order valence-corrected chi connectivity index (χ3v) is 1.91. The predicted molar refractivity (Wildman–Crippen MR) is 54.9 cm³/mol. The summed E-state index contributed by atoms with van der Waals surface area (Å²) in [5, 5.41) is 12.3. The molecular weight excluding hydrogens is 180 g/mol. The molecule has 0 aliphatic rings. The Hall–Kier alpha value is -1.36. The molecule has 0 aromatic carbocycles. The average molecular weight is 196 g/mol. The van der Waals surface area contributed by atoms with Crippen LogP contribution < -0.4 is 10.6 Å². The molecule has 14 heavy (non-hydrogen) atoms. The molecule has 1 unspecified atom stereocenters. The molecule has 1 aromatic heterocycles. The van der Waals surface area contributed by atoms with Crippen LogP contribution in [0.4, 0.5) is 5.69 Å². The number of nitrogens with zero attached hydrogens (tertiary/aromatic N) is 1. The molecule has 0 spiro atoms. The zero-order chi connectivity index (χ0) is 10.4. The maximum atomic E-state index is 11.5. The number of rotatable bonds is 5. The van der Waals surface area contributed by atoms with Crippen molar-refractivity contribution >= 4 is 11.6 Å². The third-order valence-electron chi connectivity index (χ3n) is 1.91. The first kappa shape index (κ1) is 10.7. The van der Waals surface area contributed by atoms with Crippen LogP contribution in [0.3, 0.4) is 0 Å². The van der Waals surface area contributed by atoms with E-state index in [2.05, 4.69) is 20.8 Å². The number of H-pyrrole nitrogens is 1. The smallest absolute Gasteiger partial charge is 0.228 e. The topological polar surface area (TPSA) is 69.8 Å². The number of hydrogen-bond acceptors (Lipinski definition) is 3. The fourth-order valence-corrected chi connectivity index (χ4v) is 1.04. The lowest BCUT2D eigenvalue weighted by atomic mass is 10.1. The molecule has 1 heterocycles. The van der Waals surface area contributed by atoms with Crippen molar-refractivity contribution in [3.8, 4) is 0 Å². The minimum absolute atomic E-state index is 0.00681.